The Balaban J connectivity index is 2.10. The zero-order valence-electron chi connectivity index (χ0n) is 19.1. The average molecular weight is 527 g/mol. The summed E-state index contributed by atoms with van der Waals surface area (Å²) in [5.74, 6) is -2.50. The lowest BCUT2D eigenvalue weighted by molar-refractivity contribution is -0.142. The highest BCUT2D eigenvalue weighted by Crippen LogP contribution is 2.05. The number of imidazole rings is 2. The smallest absolute Gasteiger partial charge is 0.326 e. The van der Waals surface area contributed by atoms with Crippen molar-refractivity contribution >= 4 is 48.1 Å². The highest BCUT2D eigenvalue weighted by Gasteiger charge is 2.30. The van der Waals surface area contributed by atoms with Gasteiger partial charge in [-0.05, 0) is 18.4 Å². The summed E-state index contributed by atoms with van der Waals surface area (Å²) in [6.07, 6.45) is 8.05. The fourth-order valence-corrected chi connectivity index (χ4v) is 3.78. The average Bonchev–Trinajstić information content (AvgIpc) is 3.54. The van der Waals surface area contributed by atoms with E-state index in [2.05, 4.69) is 48.5 Å². The van der Waals surface area contributed by atoms with Gasteiger partial charge in [0.15, 0.2) is 0 Å². The zero-order valence-corrected chi connectivity index (χ0v) is 20.8. The van der Waals surface area contributed by atoms with Crippen molar-refractivity contribution < 1.29 is 24.3 Å². The van der Waals surface area contributed by atoms with E-state index in [-0.39, 0.29) is 18.6 Å². The third kappa shape index (κ3) is 9.26. The fourth-order valence-electron chi connectivity index (χ4n) is 3.04. The number of nitrogens with one attached hydrogen (secondary N) is 5. The minimum Gasteiger partial charge on any atom is -0.480 e. The molecule has 2 aromatic rings. The Labute approximate surface area is 211 Å². The molecule has 4 unspecified atom stereocenters. The number of nitrogens with zero attached hydrogens (tertiary/aromatic N) is 2. The number of aromatic nitrogens is 4. The number of hydrogen-bond donors (Lipinski definition) is 8. The van der Waals surface area contributed by atoms with E-state index in [1.165, 1.54) is 25.0 Å². The lowest BCUT2D eigenvalue weighted by Crippen LogP contribution is -2.58. The van der Waals surface area contributed by atoms with Gasteiger partial charge >= 0.3 is 5.97 Å². The molecule has 4 atom stereocenters. The summed E-state index contributed by atoms with van der Waals surface area (Å²) in [5.41, 5.74) is 6.92. The number of carboxylic acids is 1. The van der Waals surface area contributed by atoms with Crippen LogP contribution in [0.25, 0.3) is 0 Å². The van der Waals surface area contributed by atoms with Crippen LogP contribution in [-0.2, 0) is 32.0 Å². The van der Waals surface area contributed by atoms with Crippen molar-refractivity contribution in [3.05, 3.63) is 36.4 Å². The first kappa shape index (κ1) is 28.2. The molecule has 2 heterocycles. The summed E-state index contributed by atoms with van der Waals surface area (Å²) in [5, 5.41) is 17.1. The van der Waals surface area contributed by atoms with Crippen LogP contribution in [0.3, 0.4) is 0 Å². The predicted molar refractivity (Wildman–Crippen MR) is 133 cm³/mol. The molecule has 0 bridgehead atoms. The molecule has 0 aliphatic rings. The van der Waals surface area contributed by atoms with Gasteiger partial charge in [0, 0.05) is 42.4 Å². The van der Waals surface area contributed by atoms with Crippen molar-refractivity contribution in [1.82, 2.24) is 35.9 Å². The number of rotatable bonds is 15. The zero-order chi connectivity index (χ0) is 25.8. The van der Waals surface area contributed by atoms with Crippen molar-refractivity contribution in [3.8, 4) is 0 Å². The highest BCUT2D eigenvalue weighted by atomic mass is 32.2. The second-order valence-corrected chi connectivity index (χ2v) is 9.00. The molecule has 0 aromatic carbocycles. The molecule has 0 aliphatic heterocycles. The van der Waals surface area contributed by atoms with Crippen LogP contribution in [-0.4, -0.2) is 90.7 Å². The summed E-state index contributed by atoms with van der Waals surface area (Å²) in [6, 6.07) is -4.26. The third-order valence-corrected chi connectivity index (χ3v) is 6.00. The first-order valence-corrected chi connectivity index (χ1v) is 12.7. The summed E-state index contributed by atoms with van der Waals surface area (Å²) in [6.45, 7) is 0. The number of carbonyl (C=O) groups is 4. The SMILES string of the molecule is CSCCC(N)C(=O)NC(CS)C(=O)NC(Cc1cnc[nH]1)C(=O)NC(Cc1cnc[nH]1)C(=O)O. The maximum absolute atomic E-state index is 13.0. The van der Waals surface area contributed by atoms with Crippen molar-refractivity contribution in [2.45, 2.75) is 43.4 Å². The number of nitrogens with two attached hydrogens (primary N) is 1. The largest absolute Gasteiger partial charge is 0.480 e. The molecule has 0 aliphatic carbocycles. The molecule has 15 heteroatoms. The van der Waals surface area contributed by atoms with Crippen LogP contribution >= 0.6 is 24.4 Å². The fraction of sp³-hybridized carbons (Fsp3) is 0.500. The molecule has 0 spiro atoms. The van der Waals surface area contributed by atoms with Crippen LogP contribution in [0.4, 0.5) is 0 Å². The molecule has 3 amide bonds. The van der Waals surface area contributed by atoms with Crippen molar-refractivity contribution in [3.63, 3.8) is 0 Å². The van der Waals surface area contributed by atoms with Crippen molar-refractivity contribution in [2.75, 3.05) is 17.8 Å². The second kappa shape index (κ2) is 14.4. The Bertz CT molecular complexity index is 957. The topological polar surface area (TPSA) is 208 Å². The van der Waals surface area contributed by atoms with Crippen LogP contribution in [0.1, 0.15) is 17.8 Å². The molecule has 192 valence electrons. The number of hydrogen-bond acceptors (Lipinski definition) is 9. The van der Waals surface area contributed by atoms with Crippen LogP contribution in [0.5, 0.6) is 0 Å². The third-order valence-electron chi connectivity index (χ3n) is 4.99. The normalized spacial score (nSPS) is 14.4. The number of amides is 3. The Morgan fingerprint density at radius 3 is 1.97 bits per heavy atom. The second-order valence-electron chi connectivity index (χ2n) is 7.65. The highest BCUT2D eigenvalue weighted by molar-refractivity contribution is 7.98. The minimum atomic E-state index is -1.26. The number of aromatic amines is 2. The van der Waals surface area contributed by atoms with Crippen LogP contribution < -0.4 is 21.7 Å². The molecule has 2 aromatic heterocycles. The molecule has 0 radical (unpaired) electrons. The monoisotopic (exact) mass is 526 g/mol. The quantitative estimate of drug-likeness (QED) is 0.126. The maximum Gasteiger partial charge on any atom is 0.326 e. The van der Waals surface area contributed by atoms with Gasteiger partial charge in [0.25, 0.3) is 0 Å². The first-order chi connectivity index (χ1) is 16.7. The Kier molecular flexibility index (Phi) is 11.6. The van der Waals surface area contributed by atoms with Gasteiger partial charge in [0.1, 0.15) is 18.1 Å². The van der Waals surface area contributed by atoms with E-state index < -0.39 is 47.9 Å². The minimum absolute atomic E-state index is 0.00838. The van der Waals surface area contributed by atoms with Crippen LogP contribution in [0.2, 0.25) is 0 Å². The van der Waals surface area contributed by atoms with Gasteiger partial charge in [-0.15, -0.1) is 0 Å². The summed E-state index contributed by atoms with van der Waals surface area (Å²) >= 11 is 5.68. The molecule has 8 N–H and O–H groups in total. The van der Waals surface area contributed by atoms with Gasteiger partial charge in [0.05, 0.1) is 18.7 Å². The standard InChI is InChI=1S/C20H30N8O5S2/c1-35-3-2-13(21)17(29)28-16(8-34)19(31)26-14(4-11-6-22-9-24-11)18(30)27-15(20(32)33)5-12-7-23-10-25-12/h6-7,9-10,13-16,34H,2-5,8,21H2,1H3,(H,22,24)(H,23,25)(H,26,31)(H,27,30)(H,28,29)(H,32,33). The van der Waals surface area contributed by atoms with E-state index in [0.717, 1.165) is 0 Å². The molecule has 0 saturated heterocycles. The van der Waals surface area contributed by atoms with Crippen LogP contribution in [0.15, 0.2) is 25.0 Å². The van der Waals surface area contributed by atoms with Gasteiger partial charge in [0.2, 0.25) is 17.7 Å². The Hall–Kier alpha value is -3.04. The molecule has 0 saturated carbocycles. The predicted octanol–water partition coefficient (Wildman–Crippen LogP) is -1.53. The molecule has 0 fully saturated rings. The number of thioether (sulfide) groups is 1. The summed E-state index contributed by atoms with van der Waals surface area (Å²) < 4.78 is 0. The number of thiol groups is 1. The van der Waals surface area contributed by atoms with Gasteiger partial charge < -0.3 is 36.8 Å². The molecular formula is C20H30N8O5S2. The number of aliphatic carboxylic acids is 1. The van der Waals surface area contributed by atoms with E-state index >= 15 is 0 Å². The number of carbonyl (C=O) groups excluding carboxylic acids is 3. The van der Waals surface area contributed by atoms with Crippen molar-refractivity contribution in [1.29, 1.82) is 0 Å². The molecule has 35 heavy (non-hydrogen) atoms. The summed E-state index contributed by atoms with van der Waals surface area (Å²) in [4.78, 5) is 63.4. The van der Waals surface area contributed by atoms with Gasteiger partial charge in [-0.3, -0.25) is 14.4 Å². The number of carboxylic acid groups (broad SMARTS) is 1. The first-order valence-electron chi connectivity index (χ1n) is 10.7. The van der Waals surface area contributed by atoms with E-state index in [1.807, 2.05) is 6.26 Å². The lowest BCUT2D eigenvalue weighted by atomic mass is 10.1. The molecule has 2 rings (SSSR count). The van der Waals surface area contributed by atoms with E-state index in [1.54, 1.807) is 11.8 Å². The number of H-pyrrole nitrogens is 2. The Morgan fingerprint density at radius 2 is 1.49 bits per heavy atom. The summed E-state index contributed by atoms with van der Waals surface area (Å²) in [7, 11) is 0. The van der Waals surface area contributed by atoms with Crippen molar-refractivity contribution in [2.24, 2.45) is 5.73 Å². The van der Waals surface area contributed by atoms with Gasteiger partial charge in [-0.1, -0.05) is 0 Å². The molecule has 13 nitrogen and oxygen atoms in total. The van der Waals surface area contributed by atoms with Gasteiger partial charge in [-0.2, -0.15) is 24.4 Å². The maximum atomic E-state index is 13.0. The Morgan fingerprint density at radius 1 is 0.971 bits per heavy atom. The lowest BCUT2D eigenvalue weighted by Gasteiger charge is -2.24. The van der Waals surface area contributed by atoms with Gasteiger partial charge in [-0.25, -0.2) is 14.8 Å². The van der Waals surface area contributed by atoms with E-state index in [0.29, 0.717) is 23.6 Å². The van der Waals surface area contributed by atoms with Crippen LogP contribution in [0, 0.1) is 0 Å². The van der Waals surface area contributed by atoms with E-state index in [9.17, 15) is 24.3 Å². The molecular weight excluding hydrogens is 496 g/mol. The van der Waals surface area contributed by atoms with E-state index in [4.69, 9.17) is 5.73 Å².